The Labute approximate surface area is 476 Å². The number of carboxylic acid groups (broad SMARTS) is 1. The maximum Gasteiger partial charge on any atom is 0.355 e. The zero-order valence-electron chi connectivity index (χ0n) is 43.1. The largest absolute Gasteiger partial charge is 0.477 e. The van der Waals surface area contributed by atoms with Gasteiger partial charge in [0.1, 0.15) is 28.3 Å². The van der Waals surface area contributed by atoms with Crippen molar-refractivity contribution < 1.29 is 52.9 Å². The van der Waals surface area contributed by atoms with Gasteiger partial charge >= 0.3 is 23.9 Å². The highest BCUT2D eigenvalue weighted by Crippen LogP contribution is 2.43. The predicted molar refractivity (Wildman–Crippen MR) is 306 cm³/mol. The third-order valence-corrected chi connectivity index (χ3v) is 15.6. The summed E-state index contributed by atoms with van der Waals surface area (Å²) in [6.07, 6.45) is 0.447. The first-order chi connectivity index (χ1) is 39.4. The lowest BCUT2D eigenvalue weighted by atomic mass is 9.77. The van der Waals surface area contributed by atoms with Crippen molar-refractivity contribution in [3.8, 4) is 11.5 Å². The van der Waals surface area contributed by atoms with Crippen LogP contribution in [-0.4, -0.2) is 77.9 Å². The normalized spacial score (nSPS) is 15.5. The number of oxime groups is 1. The fourth-order valence-electron chi connectivity index (χ4n) is 9.33. The molecule has 8 aromatic rings. The summed E-state index contributed by atoms with van der Waals surface area (Å²) in [6, 6.07) is 51.7. The highest BCUT2D eigenvalue weighted by atomic mass is 32.2. The molecule has 3 atom stereocenters. The number of esters is 3. The zero-order valence-corrected chi connectivity index (χ0v) is 45.6. The Morgan fingerprint density at radius 2 is 1.30 bits per heavy atom. The van der Waals surface area contributed by atoms with E-state index in [0.717, 1.165) is 46.8 Å². The fraction of sp³-hybridized carbons (Fsp3) is 0.131. The number of nitrogens with zero attached hydrogens (tertiary/aromatic N) is 4. The van der Waals surface area contributed by atoms with Crippen LogP contribution in [0.1, 0.15) is 70.8 Å². The Hall–Kier alpha value is -9.50. The van der Waals surface area contributed by atoms with Gasteiger partial charge in [0.25, 0.3) is 11.8 Å². The minimum absolute atomic E-state index is 0.00873. The van der Waals surface area contributed by atoms with Crippen molar-refractivity contribution in [1.82, 2.24) is 19.6 Å². The number of thioether (sulfide) groups is 1. The summed E-state index contributed by atoms with van der Waals surface area (Å²) < 4.78 is 21.4. The number of thiazole rings is 1. The van der Waals surface area contributed by atoms with E-state index in [0.29, 0.717) is 27.5 Å². The molecule has 0 radical (unpaired) electrons. The van der Waals surface area contributed by atoms with Crippen molar-refractivity contribution in [2.75, 3.05) is 11.1 Å². The molecule has 10 rings (SSSR count). The van der Waals surface area contributed by atoms with Gasteiger partial charge in [-0.3, -0.25) is 24.1 Å². The Kier molecular flexibility index (Phi) is 16.7. The fourth-order valence-corrected chi connectivity index (χ4v) is 11.9. The Balaban J connectivity index is 1.07. The molecule has 17 nitrogen and oxygen atoms in total. The number of anilines is 1. The lowest BCUT2D eigenvalue weighted by Gasteiger charge is -2.49. The number of carbonyl (C=O) groups is 6. The molecule has 3 N–H and O–H groups in total. The molecule has 0 bridgehead atoms. The molecule has 1 saturated heterocycles. The second-order valence-electron chi connectivity index (χ2n) is 18.3. The summed E-state index contributed by atoms with van der Waals surface area (Å²) in [4.78, 5) is 94.0. The average Bonchev–Trinajstić information content (AvgIpc) is 3.99. The van der Waals surface area contributed by atoms with Crippen LogP contribution in [0, 0.1) is 0 Å². The van der Waals surface area contributed by atoms with E-state index in [4.69, 9.17) is 24.0 Å². The van der Waals surface area contributed by atoms with Crippen molar-refractivity contribution in [3.05, 3.63) is 249 Å². The SMILES string of the molecule is CC(=O)Oc1ccc([C@@H](ON=C(C(=O)N[C@@H]2C(=O)N3C(C(=O)O)=C(C=Cc4ccsn4)CS[C@@H]23)c2csc(NC(c3ccccc3)(c3ccccc3)c3ccccc3)n2)C(=O)OC(c2ccccc2)c2ccccc2)cc1OC(C)=O. The van der Waals surface area contributed by atoms with E-state index in [-0.39, 0.29) is 34.2 Å². The molecule has 81 heavy (non-hydrogen) atoms. The molecule has 2 amide bonds. The number of aliphatic carboxylic acids is 1. The molecule has 2 aromatic heterocycles. The second kappa shape index (κ2) is 24.7. The molecule has 0 saturated carbocycles. The van der Waals surface area contributed by atoms with Gasteiger partial charge in [-0.15, -0.1) is 23.1 Å². The van der Waals surface area contributed by atoms with Gasteiger partial charge < -0.3 is 34.8 Å². The van der Waals surface area contributed by atoms with Gasteiger partial charge in [0.15, 0.2) is 28.4 Å². The topological polar surface area (TPSA) is 225 Å². The number of β-lactam (4-membered cyclic amide) rings is 1. The summed E-state index contributed by atoms with van der Waals surface area (Å²) in [5.41, 5.74) is 2.96. The van der Waals surface area contributed by atoms with Crippen LogP contribution in [-0.2, 0) is 43.9 Å². The highest BCUT2D eigenvalue weighted by Gasteiger charge is 2.54. The standard InChI is InChI=1S/C61H48N6O11S3/c1-37(68)75-48-31-29-41(34-49(48)76-38(2)69)54(59(74)77-53(39-18-8-3-9-19-39)40-20-10-4-11-21-40)78-65-50(55(70)63-51-56(71)67-52(58(72)73)42(35-79-57(51)67)28-30-46-32-33-81-66-46)47-36-80-60(62-47)64-61(43-22-12-5-13-23-43,44-24-14-6-15-25-44)45-26-16-7-17-27-45/h3-34,36,51,53-54,57H,35H2,1-2H3,(H,62,64)(H,63,70)(H,72,73)/t51-,54-,57+/m1/s1. The number of allylic oxidation sites excluding steroid dienone is 1. The maximum absolute atomic E-state index is 15.1. The lowest BCUT2D eigenvalue weighted by molar-refractivity contribution is -0.162. The Bertz CT molecular complexity index is 3560. The minimum atomic E-state index is -1.84. The van der Waals surface area contributed by atoms with E-state index in [9.17, 15) is 29.1 Å². The molecule has 4 heterocycles. The van der Waals surface area contributed by atoms with E-state index >= 15 is 4.79 Å². The van der Waals surface area contributed by atoms with Gasteiger partial charge in [-0.2, -0.15) is 4.37 Å². The van der Waals surface area contributed by atoms with Gasteiger partial charge in [0.05, 0.1) is 5.69 Å². The van der Waals surface area contributed by atoms with Gasteiger partial charge in [-0.05, 0) is 69.2 Å². The smallest absolute Gasteiger partial charge is 0.355 e. The summed E-state index contributed by atoms with van der Waals surface area (Å²) >= 11 is 3.64. The van der Waals surface area contributed by atoms with Crippen molar-refractivity contribution in [2.24, 2.45) is 5.16 Å². The Morgan fingerprint density at radius 1 is 0.728 bits per heavy atom. The number of benzene rings is 6. The lowest BCUT2D eigenvalue weighted by Crippen LogP contribution is -2.71. The van der Waals surface area contributed by atoms with E-state index < -0.39 is 70.6 Å². The summed E-state index contributed by atoms with van der Waals surface area (Å²) in [7, 11) is 0. The molecule has 20 heteroatoms. The number of hydrogen-bond acceptors (Lipinski definition) is 17. The monoisotopic (exact) mass is 1140 g/mol. The minimum Gasteiger partial charge on any atom is -0.477 e. The average molecular weight is 1140 g/mol. The molecule has 2 aliphatic heterocycles. The van der Waals surface area contributed by atoms with Crippen molar-refractivity contribution in [3.63, 3.8) is 0 Å². The van der Waals surface area contributed by atoms with Gasteiger partial charge in [-0.25, -0.2) is 14.6 Å². The van der Waals surface area contributed by atoms with Crippen LogP contribution in [0.15, 0.2) is 209 Å². The maximum atomic E-state index is 15.1. The highest BCUT2D eigenvalue weighted by molar-refractivity contribution is 8.00. The number of nitrogens with one attached hydrogen (secondary N) is 2. The first-order valence-electron chi connectivity index (χ1n) is 25.1. The van der Waals surface area contributed by atoms with Gasteiger partial charge in [-0.1, -0.05) is 169 Å². The summed E-state index contributed by atoms with van der Waals surface area (Å²) in [5, 5.41) is 24.2. The van der Waals surface area contributed by atoms with Crippen LogP contribution < -0.4 is 20.1 Å². The molecular weight excluding hydrogens is 1090 g/mol. The molecule has 0 spiro atoms. The molecule has 406 valence electrons. The van der Waals surface area contributed by atoms with Gasteiger partial charge in [0, 0.05) is 35.9 Å². The van der Waals surface area contributed by atoms with Crippen LogP contribution in [0.3, 0.4) is 0 Å². The van der Waals surface area contributed by atoms with Crippen molar-refractivity contribution in [2.45, 2.75) is 43.0 Å². The van der Waals surface area contributed by atoms with Crippen molar-refractivity contribution in [1.29, 1.82) is 0 Å². The van der Waals surface area contributed by atoms with E-state index in [2.05, 4.69) is 20.2 Å². The van der Waals surface area contributed by atoms with Gasteiger partial charge in [0.2, 0.25) is 6.10 Å². The quantitative estimate of drug-likeness (QED) is 0.0161. The van der Waals surface area contributed by atoms with E-state index in [1.165, 1.54) is 41.5 Å². The first-order valence-corrected chi connectivity index (χ1v) is 27.9. The number of carboxylic acids is 1. The predicted octanol–water partition coefficient (Wildman–Crippen LogP) is 10.1. The molecule has 2 aliphatic rings. The number of ether oxygens (including phenoxy) is 3. The number of carbonyl (C=O) groups excluding carboxylic acids is 5. The van der Waals surface area contributed by atoms with Crippen LogP contribution in [0.5, 0.6) is 11.5 Å². The van der Waals surface area contributed by atoms with Crippen LogP contribution in [0.2, 0.25) is 0 Å². The number of amides is 2. The first kappa shape index (κ1) is 54.8. The number of aromatic nitrogens is 2. The third kappa shape index (κ3) is 12.1. The molecule has 0 unspecified atom stereocenters. The van der Waals surface area contributed by atoms with E-state index in [1.54, 1.807) is 77.5 Å². The Morgan fingerprint density at radius 3 is 1.84 bits per heavy atom. The van der Waals surface area contributed by atoms with Crippen LogP contribution in [0.4, 0.5) is 5.13 Å². The second-order valence-corrected chi connectivity index (χ2v) is 20.9. The number of rotatable bonds is 20. The van der Waals surface area contributed by atoms with Crippen LogP contribution in [0.25, 0.3) is 6.08 Å². The molecule has 6 aromatic carbocycles. The zero-order chi connectivity index (χ0) is 56.5. The van der Waals surface area contributed by atoms with Crippen molar-refractivity contribution >= 4 is 87.2 Å². The summed E-state index contributed by atoms with van der Waals surface area (Å²) in [6.45, 7) is 2.31. The van der Waals surface area contributed by atoms with E-state index in [1.807, 2.05) is 103 Å². The third-order valence-electron chi connectivity index (χ3n) is 13.0. The molecule has 0 aliphatic carbocycles. The molecular formula is C61H48N6O11S3. The number of hydrogen-bond donors (Lipinski definition) is 3. The number of fused-ring (bicyclic) bond motifs is 1. The van der Waals surface area contributed by atoms with Crippen LogP contribution >= 0.6 is 34.6 Å². The summed E-state index contributed by atoms with van der Waals surface area (Å²) in [5.74, 6) is -5.71. The molecule has 1 fully saturated rings.